The molecular formula is C14H27N3O. The summed E-state index contributed by atoms with van der Waals surface area (Å²) in [6, 6.07) is 2.71. The van der Waals surface area contributed by atoms with Crippen molar-refractivity contribution >= 4 is 0 Å². The van der Waals surface area contributed by atoms with Gasteiger partial charge in [0.15, 0.2) is 0 Å². The Labute approximate surface area is 111 Å². The SMILES string of the molecule is CCNC(CCOC)Cc1cc(CC)nn1CC. The van der Waals surface area contributed by atoms with E-state index in [0.717, 1.165) is 39.0 Å². The fourth-order valence-electron chi connectivity index (χ4n) is 2.20. The van der Waals surface area contributed by atoms with E-state index in [1.165, 1.54) is 11.4 Å². The molecule has 0 fully saturated rings. The molecule has 104 valence electrons. The number of hydrogen-bond donors (Lipinski definition) is 1. The van der Waals surface area contributed by atoms with Gasteiger partial charge in [0.1, 0.15) is 0 Å². The third-order valence-corrected chi connectivity index (χ3v) is 3.19. The van der Waals surface area contributed by atoms with Crippen molar-refractivity contribution in [2.75, 3.05) is 20.3 Å². The number of hydrogen-bond acceptors (Lipinski definition) is 3. The van der Waals surface area contributed by atoms with Crippen LogP contribution >= 0.6 is 0 Å². The summed E-state index contributed by atoms with van der Waals surface area (Å²) in [6.45, 7) is 9.19. The smallest absolute Gasteiger partial charge is 0.0624 e. The van der Waals surface area contributed by atoms with Crippen molar-refractivity contribution in [2.24, 2.45) is 0 Å². The van der Waals surface area contributed by atoms with Gasteiger partial charge in [0.2, 0.25) is 0 Å². The highest BCUT2D eigenvalue weighted by atomic mass is 16.5. The van der Waals surface area contributed by atoms with Crippen molar-refractivity contribution in [3.63, 3.8) is 0 Å². The second kappa shape index (κ2) is 8.27. The Morgan fingerprint density at radius 3 is 2.72 bits per heavy atom. The van der Waals surface area contributed by atoms with Crippen molar-refractivity contribution < 1.29 is 4.74 Å². The molecule has 1 rings (SSSR count). The number of likely N-dealkylation sites (N-methyl/N-ethyl adjacent to an activating group) is 1. The van der Waals surface area contributed by atoms with E-state index in [9.17, 15) is 0 Å². The number of rotatable bonds is 9. The maximum atomic E-state index is 5.18. The topological polar surface area (TPSA) is 39.1 Å². The Balaban J connectivity index is 2.68. The third-order valence-electron chi connectivity index (χ3n) is 3.19. The predicted molar refractivity (Wildman–Crippen MR) is 74.9 cm³/mol. The van der Waals surface area contributed by atoms with Crippen molar-refractivity contribution in [3.05, 3.63) is 17.5 Å². The number of nitrogens with zero attached hydrogens (tertiary/aromatic N) is 2. The number of methoxy groups -OCH3 is 1. The first-order valence-corrected chi connectivity index (χ1v) is 7.02. The molecule has 0 aliphatic rings. The Bertz CT molecular complexity index is 336. The molecule has 1 aromatic heterocycles. The maximum Gasteiger partial charge on any atom is 0.0624 e. The molecule has 1 heterocycles. The first kappa shape index (κ1) is 15.2. The second-order valence-corrected chi connectivity index (χ2v) is 4.54. The van der Waals surface area contributed by atoms with Crippen LogP contribution in [0.3, 0.4) is 0 Å². The van der Waals surface area contributed by atoms with Crippen LogP contribution in [-0.4, -0.2) is 36.1 Å². The lowest BCUT2D eigenvalue weighted by atomic mass is 10.1. The van der Waals surface area contributed by atoms with E-state index in [0.29, 0.717) is 6.04 Å². The molecule has 0 aliphatic carbocycles. The van der Waals surface area contributed by atoms with Gasteiger partial charge in [-0.2, -0.15) is 5.10 Å². The van der Waals surface area contributed by atoms with Crippen LogP contribution in [0.15, 0.2) is 6.07 Å². The molecule has 0 saturated carbocycles. The Kier molecular flexibility index (Phi) is 6.98. The van der Waals surface area contributed by atoms with Crippen LogP contribution in [-0.2, 0) is 24.1 Å². The largest absolute Gasteiger partial charge is 0.385 e. The van der Waals surface area contributed by atoms with E-state index in [1.807, 2.05) is 0 Å². The highest BCUT2D eigenvalue weighted by Crippen LogP contribution is 2.10. The molecule has 1 atom stereocenters. The zero-order valence-corrected chi connectivity index (χ0v) is 12.2. The van der Waals surface area contributed by atoms with E-state index in [4.69, 9.17) is 4.74 Å². The summed E-state index contributed by atoms with van der Waals surface area (Å²) in [7, 11) is 1.76. The maximum absolute atomic E-state index is 5.18. The molecule has 4 heteroatoms. The molecule has 4 nitrogen and oxygen atoms in total. The minimum atomic E-state index is 0.474. The highest BCUT2D eigenvalue weighted by Gasteiger charge is 2.12. The van der Waals surface area contributed by atoms with Gasteiger partial charge in [-0.05, 0) is 32.4 Å². The summed E-state index contributed by atoms with van der Waals surface area (Å²) in [5.74, 6) is 0. The predicted octanol–water partition coefficient (Wildman–Crippen LogP) is 2.02. The third kappa shape index (κ3) is 4.42. The quantitative estimate of drug-likeness (QED) is 0.732. The number of aryl methyl sites for hydroxylation is 2. The van der Waals surface area contributed by atoms with Gasteiger partial charge in [-0.15, -0.1) is 0 Å². The monoisotopic (exact) mass is 253 g/mol. The minimum absolute atomic E-state index is 0.474. The standard InChI is InChI=1S/C14H27N3O/c1-5-12-10-14(17(7-3)16-12)11-13(15-6-2)8-9-18-4/h10,13,15H,5-9,11H2,1-4H3. The lowest BCUT2D eigenvalue weighted by Gasteiger charge is -2.17. The van der Waals surface area contributed by atoms with Crippen LogP contribution in [0.1, 0.15) is 38.6 Å². The van der Waals surface area contributed by atoms with Crippen molar-refractivity contribution in [2.45, 2.75) is 52.6 Å². The number of ether oxygens (including phenoxy) is 1. The molecule has 1 N–H and O–H groups in total. The van der Waals surface area contributed by atoms with Gasteiger partial charge in [0, 0.05) is 38.4 Å². The van der Waals surface area contributed by atoms with Gasteiger partial charge in [-0.3, -0.25) is 4.68 Å². The van der Waals surface area contributed by atoms with Gasteiger partial charge < -0.3 is 10.1 Å². The molecule has 18 heavy (non-hydrogen) atoms. The summed E-state index contributed by atoms with van der Waals surface area (Å²) in [4.78, 5) is 0. The van der Waals surface area contributed by atoms with E-state index in [-0.39, 0.29) is 0 Å². The molecular weight excluding hydrogens is 226 g/mol. The molecule has 0 aromatic carbocycles. The van der Waals surface area contributed by atoms with E-state index < -0.39 is 0 Å². The fraction of sp³-hybridized carbons (Fsp3) is 0.786. The molecule has 0 bridgehead atoms. The average Bonchev–Trinajstić information content (AvgIpc) is 2.78. The van der Waals surface area contributed by atoms with Crippen LogP contribution in [0.2, 0.25) is 0 Å². The van der Waals surface area contributed by atoms with Crippen LogP contribution in [0, 0.1) is 0 Å². The summed E-state index contributed by atoms with van der Waals surface area (Å²) >= 11 is 0. The van der Waals surface area contributed by atoms with Gasteiger partial charge in [0.05, 0.1) is 5.69 Å². The summed E-state index contributed by atoms with van der Waals surface area (Å²) in [6.07, 6.45) is 3.07. The van der Waals surface area contributed by atoms with E-state index >= 15 is 0 Å². The molecule has 0 aliphatic heterocycles. The van der Waals surface area contributed by atoms with Crippen LogP contribution < -0.4 is 5.32 Å². The molecule has 1 aromatic rings. The zero-order chi connectivity index (χ0) is 13.4. The minimum Gasteiger partial charge on any atom is -0.385 e. The van der Waals surface area contributed by atoms with Crippen LogP contribution in [0.25, 0.3) is 0 Å². The van der Waals surface area contributed by atoms with Gasteiger partial charge in [-0.25, -0.2) is 0 Å². The molecule has 0 spiro atoms. The molecule has 0 saturated heterocycles. The van der Waals surface area contributed by atoms with Crippen LogP contribution in [0.5, 0.6) is 0 Å². The Morgan fingerprint density at radius 1 is 1.39 bits per heavy atom. The van der Waals surface area contributed by atoms with Crippen molar-refractivity contribution in [1.29, 1.82) is 0 Å². The van der Waals surface area contributed by atoms with Crippen LogP contribution in [0.4, 0.5) is 0 Å². The summed E-state index contributed by atoms with van der Waals surface area (Å²) in [5.41, 5.74) is 2.52. The summed E-state index contributed by atoms with van der Waals surface area (Å²) < 4.78 is 7.30. The Morgan fingerprint density at radius 2 is 2.17 bits per heavy atom. The molecule has 0 radical (unpaired) electrons. The normalized spacial score (nSPS) is 12.9. The second-order valence-electron chi connectivity index (χ2n) is 4.54. The Hall–Kier alpha value is -0.870. The van der Waals surface area contributed by atoms with Gasteiger partial charge >= 0.3 is 0 Å². The van der Waals surface area contributed by atoms with Crippen molar-refractivity contribution in [3.8, 4) is 0 Å². The number of nitrogens with one attached hydrogen (secondary N) is 1. The first-order chi connectivity index (χ1) is 8.74. The highest BCUT2D eigenvalue weighted by molar-refractivity contribution is 5.12. The molecule has 0 amide bonds. The molecule has 1 unspecified atom stereocenters. The fourth-order valence-corrected chi connectivity index (χ4v) is 2.20. The zero-order valence-electron chi connectivity index (χ0n) is 12.2. The van der Waals surface area contributed by atoms with Crippen molar-refractivity contribution in [1.82, 2.24) is 15.1 Å². The first-order valence-electron chi connectivity index (χ1n) is 7.02. The van der Waals surface area contributed by atoms with Gasteiger partial charge in [-0.1, -0.05) is 13.8 Å². The summed E-state index contributed by atoms with van der Waals surface area (Å²) in [5, 5.41) is 8.12. The lowest BCUT2D eigenvalue weighted by Crippen LogP contribution is -2.32. The van der Waals surface area contributed by atoms with E-state index in [2.05, 4.69) is 41.9 Å². The number of aromatic nitrogens is 2. The lowest BCUT2D eigenvalue weighted by molar-refractivity contribution is 0.182. The van der Waals surface area contributed by atoms with E-state index in [1.54, 1.807) is 7.11 Å². The average molecular weight is 253 g/mol. The van der Waals surface area contributed by atoms with Gasteiger partial charge in [0.25, 0.3) is 0 Å².